The van der Waals surface area contributed by atoms with Crippen LogP contribution in [0.3, 0.4) is 0 Å². The monoisotopic (exact) mass is 373 g/mol. The second-order valence-corrected chi connectivity index (χ2v) is 7.48. The van der Waals surface area contributed by atoms with Crippen molar-refractivity contribution in [2.24, 2.45) is 0 Å². The lowest BCUT2D eigenvalue weighted by Gasteiger charge is -2.05. The lowest BCUT2D eigenvalue weighted by molar-refractivity contribution is -0.120. The number of benzene rings is 2. The third-order valence-electron chi connectivity index (χ3n) is 3.55. The number of fused-ring (bicyclic) bond motifs is 1. The average molecular weight is 374 g/mol. The second-order valence-electron chi connectivity index (χ2n) is 5.11. The van der Waals surface area contributed by atoms with Crippen molar-refractivity contribution >= 4 is 43.3 Å². The fourth-order valence-corrected chi connectivity index (χ4v) is 4.38. The van der Waals surface area contributed by atoms with Crippen LogP contribution in [-0.4, -0.2) is 12.5 Å². The molecule has 0 radical (unpaired) electrons. The molecule has 0 bridgehead atoms. The van der Waals surface area contributed by atoms with Gasteiger partial charge in [-0.15, -0.1) is 11.3 Å². The normalized spacial score (nSPS) is 10.8. The van der Waals surface area contributed by atoms with Crippen LogP contribution in [0.1, 0.15) is 11.1 Å². The molecule has 0 unspecified atom stereocenters. The Hall–Kier alpha value is -1.65. The van der Waals surface area contributed by atoms with E-state index in [-0.39, 0.29) is 5.91 Å². The number of thiophene rings is 1. The number of rotatable bonds is 5. The molecular weight excluding hydrogens is 358 g/mol. The molecule has 1 aromatic heterocycles. The van der Waals surface area contributed by atoms with E-state index >= 15 is 0 Å². The molecular formula is C18H16BrNOS. The van der Waals surface area contributed by atoms with Gasteiger partial charge in [-0.25, -0.2) is 0 Å². The lowest BCUT2D eigenvalue weighted by atomic mass is 10.1. The van der Waals surface area contributed by atoms with Crippen LogP contribution in [0, 0.1) is 0 Å². The molecule has 2 nitrogen and oxygen atoms in total. The van der Waals surface area contributed by atoms with Crippen molar-refractivity contribution < 1.29 is 4.79 Å². The first kappa shape index (κ1) is 15.3. The van der Waals surface area contributed by atoms with Crippen molar-refractivity contribution in [3.8, 4) is 0 Å². The molecule has 3 rings (SSSR count). The van der Waals surface area contributed by atoms with Crippen molar-refractivity contribution in [3.05, 3.63) is 69.5 Å². The van der Waals surface area contributed by atoms with E-state index in [2.05, 4.69) is 45.5 Å². The van der Waals surface area contributed by atoms with Crippen LogP contribution in [0.4, 0.5) is 0 Å². The highest BCUT2D eigenvalue weighted by Crippen LogP contribution is 2.35. The molecule has 0 aliphatic heterocycles. The van der Waals surface area contributed by atoms with Gasteiger partial charge in [-0.1, -0.05) is 48.5 Å². The maximum atomic E-state index is 12.0. The van der Waals surface area contributed by atoms with Crippen LogP contribution >= 0.6 is 27.3 Å². The van der Waals surface area contributed by atoms with Gasteiger partial charge in [0.2, 0.25) is 5.91 Å². The zero-order valence-electron chi connectivity index (χ0n) is 12.0. The third-order valence-corrected chi connectivity index (χ3v) is 5.52. The predicted octanol–water partition coefficient (Wildman–Crippen LogP) is 4.57. The Balaban J connectivity index is 1.58. The van der Waals surface area contributed by atoms with E-state index in [1.165, 1.54) is 15.6 Å². The predicted molar refractivity (Wildman–Crippen MR) is 96.4 cm³/mol. The Kier molecular flexibility index (Phi) is 4.90. The van der Waals surface area contributed by atoms with E-state index in [1.54, 1.807) is 11.3 Å². The van der Waals surface area contributed by atoms with E-state index in [9.17, 15) is 4.79 Å². The quantitative estimate of drug-likeness (QED) is 0.697. The Labute approximate surface area is 142 Å². The van der Waals surface area contributed by atoms with Gasteiger partial charge in [0.15, 0.2) is 0 Å². The fraction of sp³-hybridized carbons (Fsp3) is 0.167. The number of amides is 1. The lowest BCUT2D eigenvalue weighted by Crippen LogP contribution is -2.27. The van der Waals surface area contributed by atoms with Crippen molar-refractivity contribution in [2.45, 2.75) is 12.8 Å². The van der Waals surface area contributed by atoms with Gasteiger partial charge in [-0.3, -0.25) is 4.79 Å². The van der Waals surface area contributed by atoms with E-state index in [0.29, 0.717) is 13.0 Å². The molecule has 2 aromatic carbocycles. The molecule has 0 saturated carbocycles. The van der Waals surface area contributed by atoms with E-state index in [0.717, 1.165) is 15.8 Å². The summed E-state index contributed by atoms with van der Waals surface area (Å²) in [5.41, 5.74) is 2.32. The largest absolute Gasteiger partial charge is 0.355 e. The van der Waals surface area contributed by atoms with Crippen LogP contribution in [0.25, 0.3) is 10.1 Å². The first-order valence-electron chi connectivity index (χ1n) is 7.20. The maximum absolute atomic E-state index is 12.0. The number of hydrogen-bond acceptors (Lipinski definition) is 2. The number of nitrogens with one attached hydrogen (secondary N) is 1. The molecule has 3 aromatic rings. The molecule has 4 heteroatoms. The minimum atomic E-state index is 0.0712. The highest BCUT2D eigenvalue weighted by Gasteiger charge is 2.10. The average Bonchev–Trinajstić information content (AvgIpc) is 2.84. The van der Waals surface area contributed by atoms with Crippen LogP contribution in [0.2, 0.25) is 0 Å². The number of halogens is 1. The zero-order valence-corrected chi connectivity index (χ0v) is 14.4. The molecule has 1 N–H and O–H groups in total. The Bertz CT molecular complexity index is 782. The SMILES string of the molecule is O=C(Cc1ccccc1)NCCc1c(Br)sc2ccccc12. The fourth-order valence-electron chi connectivity index (χ4n) is 2.47. The van der Waals surface area contributed by atoms with E-state index in [1.807, 2.05) is 30.3 Å². The topological polar surface area (TPSA) is 29.1 Å². The van der Waals surface area contributed by atoms with Crippen molar-refractivity contribution in [2.75, 3.05) is 6.54 Å². The number of carbonyl (C=O) groups is 1. The van der Waals surface area contributed by atoms with Crippen molar-refractivity contribution in [1.29, 1.82) is 0 Å². The van der Waals surface area contributed by atoms with Gasteiger partial charge in [0, 0.05) is 11.2 Å². The zero-order chi connectivity index (χ0) is 15.4. The highest BCUT2D eigenvalue weighted by molar-refractivity contribution is 9.11. The van der Waals surface area contributed by atoms with Gasteiger partial charge in [-0.2, -0.15) is 0 Å². The molecule has 0 fully saturated rings. The molecule has 0 saturated heterocycles. The highest BCUT2D eigenvalue weighted by atomic mass is 79.9. The molecule has 1 amide bonds. The molecule has 0 atom stereocenters. The van der Waals surface area contributed by atoms with Crippen LogP contribution in [0.5, 0.6) is 0 Å². The first-order chi connectivity index (χ1) is 10.7. The van der Waals surface area contributed by atoms with Gasteiger partial charge < -0.3 is 5.32 Å². The third kappa shape index (κ3) is 3.57. The summed E-state index contributed by atoms with van der Waals surface area (Å²) in [6, 6.07) is 18.2. The Morgan fingerprint density at radius 2 is 1.77 bits per heavy atom. The molecule has 0 aliphatic carbocycles. The van der Waals surface area contributed by atoms with Gasteiger partial charge in [0.05, 0.1) is 10.2 Å². The minimum Gasteiger partial charge on any atom is -0.355 e. The molecule has 1 heterocycles. The standard InChI is InChI=1S/C18H16BrNOS/c19-18-15(14-8-4-5-9-16(14)22-18)10-11-20-17(21)12-13-6-2-1-3-7-13/h1-9H,10-12H2,(H,20,21). The smallest absolute Gasteiger partial charge is 0.224 e. The van der Waals surface area contributed by atoms with Gasteiger partial charge in [-0.05, 0) is 44.9 Å². The summed E-state index contributed by atoms with van der Waals surface area (Å²) in [6.45, 7) is 0.658. The number of hydrogen-bond donors (Lipinski definition) is 1. The summed E-state index contributed by atoms with van der Waals surface area (Å²) in [4.78, 5) is 12.0. The second kappa shape index (κ2) is 7.07. The summed E-state index contributed by atoms with van der Waals surface area (Å²) in [6.07, 6.45) is 1.28. The summed E-state index contributed by atoms with van der Waals surface area (Å²) in [5, 5.41) is 4.28. The van der Waals surface area contributed by atoms with Crippen LogP contribution < -0.4 is 5.32 Å². The summed E-state index contributed by atoms with van der Waals surface area (Å²) in [7, 11) is 0. The molecule has 0 aliphatic rings. The maximum Gasteiger partial charge on any atom is 0.224 e. The summed E-state index contributed by atoms with van der Waals surface area (Å²) >= 11 is 5.38. The summed E-state index contributed by atoms with van der Waals surface area (Å²) < 4.78 is 2.44. The van der Waals surface area contributed by atoms with Crippen molar-refractivity contribution in [3.63, 3.8) is 0 Å². The first-order valence-corrected chi connectivity index (χ1v) is 8.81. The molecule has 0 spiro atoms. The number of carbonyl (C=O) groups excluding carboxylic acids is 1. The summed E-state index contributed by atoms with van der Waals surface area (Å²) in [5.74, 6) is 0.0712. The van der Waals surface area contributed by atoms with Crippen LogP contribution in [-0.2, 0) is 17.6 Å². The Morgan fingerprint density at radius 1 is 1.05 bits per heavy atom. The molecule has 22 heavy (non-hydrogen) atoms. The molecule has 112 valence electrons. The van der Waals surface area contributed by atoms with E-state index in [4.69, 9.17) is 0 Å². The van der Waals surface area contributed by atoms with E-state index < -0.39 is 0 Å². The van der Waals surface area contributed by atoms with Gasteiger partial charge in [0.1, 0.15) is 0 Å². The van der Waals surface area contributed by atoms with Crippen molar-refractivity contribution in [1.82, 2.24) is 5.32 Å². The van der Waals surface area contributed by atoms with Gasteiger partial charge in [0.25, 0.3) is 0 Å². The van der Waals surface area contributed by atoms with Gasteiger partial charge >= 0.3 is 0 Å². The van der Waals surface area contributed by atoms with Crippen LogP contribution in [0.15, 0.2) is 58.4 Å². The minimum absolute atomic E-state index is 0.0712. The Morgan fingerprint density at radius 3 is 2.59 bits per heavy atom.